The van der Waals surface area contributed by atoms with E-state index in [4.69, 9.17) is 9.47 Å². The van der Waals surface area contributed by atoms with Crippen LogP contribution in [0, 0.1) is 5.92 Å². The van der Waals surface area contributed by atoms with Crippen molar-refractivity contribution in [3.63, 3.8) is 0 Å². The maximum Gasteiger partial charge on any atom is 0.263 e. The van der Waals surface area contributed by atoms with Gasteiger partial charge in [-0.1, -0.05) is 18.3 Å². The number of benzene rings is 1. The summed E-state index contributed by atoms with van der Waals surface area (Å²) in [5, 5.41) is 0. The number of rotatable bonds is 10. The summed E-state index contributed by atoms with van der Waals surface area (Å²) in [6.45, 7) is 9.01. The molecule has 2 heterocycles. The molecule has 34 heavy (non-hydrogen) atoms. The molecule has 2 amide bonds. The second-order valence-corrected chi connectivity index (χ2v) is 11.5. The molecule has 2 aromatic rings. The Morgan fingerprint density at radius 1 is 1.15 bits per heavy atom. The fourth-order valence-corrected chi connectivity index (χ4v) is 6.03. The Hall–Kier alpha value is -2.24. The predicted octanol–water partition coefficient (Wildman–Crippen LogP) is 2.24. The van der Waals surface area contributed by atoms with Crippen molar-refractivity contribution in [2.45, 2.75) is 40.2 Å². The Morgan fingerprint density at radius 2 is 1.88 bits per heavy atom. The molecule has 3 rings (SSSR count). The van der Waals surface area contributed by atoms with Crippen LogP contribution in [0.15, 0.2) is 23.2 Å². The van der Waals surface area contributed by atoms with Gasteiger partial charge in [0.25, 0.3) is 5.91 Å². The number of carbonyl (C=O) groups is 2. The van der Waals surface area contributed by atoms with E-state index in [-0.39, 0.29) is 0 Å². The first-order chi connectivity index (χ1) is 16.2. The third-order valence-electron chi connectivity index (χ3n) is 5.67. The van der Waals surface area contributed by atoms with Crippen molar-refractivity contribution in [2.75, 3.05) is 44.4 Å². The summed E-state index contributed by atoms with van der Waals surface area (Å²) in [4.78, 5) is 31.1. The van der Waals surface area contributed by atoms with Crippen LogP contribution in [0.4, 0.5) is 0 Å². The van der Waals surface area contributed by atoms with Crippen LogP contribution < -0.4 is 9.54 Å². The van der Waals surface area contributed by atoms with Gasteiger partial charge in [0.1, 0.15) is 17.3 Å². The minimum absolute atomic E-state index is 0.389. The van der Waals surface area contributed by atoms with E-state index in [0.29, 0.717) is 55.9 Å². The maximum atomic E-state index is 12.6. The minimum atomic E-state index is -3.92. The SMILES string of the molecule is CCOCCn1c(=NC(=O)CS(=O)(=O)CC(=O)N2CCC(C)CC2)sc2cc(OCC)ccc21. The quantitative estimate of drug-likeness (QED) is 0.453. The highest BCUT2D eigenvalue weighted by Crippen LogP contribution is 2.23. The highest BCUT2D eigenvalue weighted by atomic mass is 32.2. The molecular weight excluding hydrogens is 478 g/mol. The van der Waals surface area contributed by atoms with E-state index in [1.807, 2.05) is 36.6 Å². The Morgan fingerprint density at radius 3 is 2.56 bits per heavy atom. The van der Waals surface area contributed by atoms with Crippen LogP contribution in [-0.4, -0.2) is 74.1 Å². The van der Waals surface area contributed by atoms with Crippen molar-refractivity contribution in [2.24, 2.45) is 10.9 Å². The van der Waals surface area contributed by atoms with E-state index in [9.17, 15) is 18.0 Å². The molecule has 0 bridgehead atoms. The Labute approximate surface area is 204 Å². The maximum absolute atomic E-state index is 12.6. The predicted molar refractivity (Wildman–Crippen MR) is 132 cm³/mol. The summed E-state index contributed by atoms with van der Waals surface area (Å²) in [5.74, 6) is -1.47. The van der Waals surface area contributed by atoms with Crippen molar-refractivity contribution in [1.29, 1.82) is 0 Å². The van der Waals surface area contributed by atoms with E-state index in [1.165, 1.54) is 11.3 Å². The Bertz CT molecular complexity index is 1180. The lowest BCUT2D eigenvalue weighted by Crippen LogP contribution is -2.41. The highest BCUT2D eigenvalue weighted by Gasteiger charge is 2.26. The van der Waals surface area contributed by atoms with Gasteiger partial charge in [-0.3, -0.25) is 9.59 Å². The zero-order valence-corrected chi connectivity index (χ0v) is 21.6. The van der Waals surface area contributed by atoms with Gasteiger partial charge in [-0.25, -0.2) is 8.42 Å². The molecule has 0 aliphatic carbocycles. The largest absolute Gasteiger partial charge is 0.494 e. The van der Waals surface area contributed by atoms with E-state index >= 15 is 0 Å². The molecular formula is C23H33N3O6S2. The first kappa shape index (κ1) is 26.4. The average molecular weight is 512 g/mol. The molecule has 0 N–H and O–H groups in total. The van der Waals surface area contributed by atoms with Crippen LogP contribution in [0.1, 0.15) is 33.6 Å². The molecule has 9 nitrogen and oxygen atoms in total. The van der Waals surface area contributed by atoms with Gasteiger partial charge in [0.15, 0.2) is 14.6 Å². The molecule has 1 aliphatic heterocycles. The van der Waals surface area contributed by atoms with Crippen LogP contribution in [0.5, 0.6) is 5.75 Å². The zero-order valence-electron chi connectivity index (χ0n) is 20.0. The van der Waals surface area contributed by atoms with Crippen molar-refractivity contribution < 1.29 is 27.5 Å². The second kappa shape index (κ2) is 11.9. The van der Waals surface area contributed by atoms with E-state index < -0.39 is 33.2 Å². The van der Waals surface area contributed by atoms with Crippen molar-refractivity contribution in [3.8, 4) is 5.75 Å². The lowest BCUT2D eigenvalue weighted by molar-refractivity contribution is -0.129. The molecule has 0 spiro atoms. The number of ether oxygens (including phenoxy) is 2. The minimum Gasteiger partial charge on any atom is -0.494 e. The van der Waals surface area contributed by atoms with Gasteiger partial charge < -0.3 is 18.9 Å². The monoisotopic (exact) mass is 511 g/mol. The summed E-state index contributed by atoms with van der Waals surface area (Å²) in [6, 6.07) is 5.61. The third kappa shape index (κ3) is 7.13. The van der Waals surface area contributed by atoms with Gasteiger partial charge >= 0.3 is 0 Å². The van der Waals surface area contributed by atoms with Gasteiger partial charge in [-0.2, -0.15) is 4.99 Å². The first-order valence-corrected chi connectivity index (χ1v) is 14.3. The molecule has 0 radical (unpaired) electrons. The number of thiazole rings is 1. The summed E-state index contributed by atoms with van der Waals surface area (Å²) < 4.78 is 38.9. The van der Waals surface area contributed by atoms with Gasteiger partial charge in [0.05, 0.1) is 23.4 Å². The number of aromatic nitrogens is 1. The van der Waals surface area contributed by atoms with Gasteiger partial charge in [-0.15, -0.1) is 0 Å². The molecule has 1 aromatic carbocycles. The molecule has 11 heteroatoms. The highest BCUT2D eigenvalue weighted by molar-refractivity contribution is 7.92. The molecule has 0 saturated carbocycles. The van der Waals surface area contributed by atoms with Gasteiger partial charge in [-0.05, 0) is 50.8 Å². The van der Waals surface area contributed by atoms with Crippen LogP contribution in [0.25, 0.3) is 10.2 Å². The molecule has 188 valence electrons. The van der Waals surface area contributed by atoms with Crippen LogP contribution in [-0.2, 0) is 30.7 Å². The summed E-state index contributed by atoms with van der Waals surface area (Å²) >= 11 is 1.28. The molecule has 0 unspecified atom stereocenters. The second-order valence-electron chi connectivity index (χ2n) is 8.40. The summed E-state index contributed by atoms with van der Waals surface area (Å²) in [7, 11) is -3.92. The van der Waals surface area contributed by atoms with Gasteiger partial charge in [0, 0.05) is 26.2 Å². The summed E-state index contributed by atoms with van der Waals surface area (Å²) in [5.41, 5.74) is 0.858. The molecule has 1 aromatic heterocycles. The van der Waals surface area contributed by atoms with Gasteiger partial charge in [0.2, 0.25) is 5.91 Å². The number of sulfone groups is 1. The Kier molecular flexibility index (Phi) is 9.26. The van der Waals surface area contributed by atoms with Crippen LogP contribution in [0.3, 0.4) is 0 Å². The van der Waals surface area contributed by atoms with Crippen molar-refractivity contribution >= 4 is 43.2 Å². The lowest BCUT2D eigenvalue weighted by atomic mass is 9.99. The third-order valence-corrected chi connectivity index (χ3v) is 8.09. The van der Waals surface area contributed by atoms with Crippen molar-refractivity contribution in [1.82, 2.24) is 9.47 Å². The zero-order chi connectivity index (χ0) is 24.7. The fourth-order valence-electron chi connectivity index (χ4n) is 3.83. The number of hydrogen-bond acceptors (Lipinski definition) is 7. The van der Waals surface area contributed by atoms with Crippen molar-refractivity contribution in [3.05, 3.63) is 23.0 Å². The molecule has 0 atom stereocenters. The normalized spacial score (nSPS) is 15.7. The number of carbonyl (C=O) groups excluding carboxylic acids is 2. The molecule has 1 aliphatic rings. The van der Waals surface area contributed by atoms with E-state index in [0.717, 1.165) is 23.1 Å². The molecule has 1 fully saturated rings. The number of amides is 2. The fraction of sp³-hybridized carbons (Fsp3) is 0.609. The summed E-state index contributed by atoms with van der Waals surface area (Å²) in [6.07, 6.45) is 1.72. The number of piperidine rings is 1. The Balaban J connectivity index is 1.78. The number of hydrogen-bond donors (Lipinski definition) is 0. The number of likely N-dealkylation sites (tertiary alicyclic amines) is 1. The van der Waals surface area contributed by atoms with E-state index in [1.54, 1.807) is 4.90 Å². The standard InChI is InChI=1S/C23H33N3O6S2/c1-4-31-13-12-26-19-7-6-18(32-5-2)14-20(19)33-23(26)24-21(27)15-34(29,30)16-22(28)25-10-8-17(3)9-11-25/h6-7,14,17H,4-5,8-13,15-16H2,1-3H3. The average Bonchev–Trinajstić information content (AvgIpc) is 3.09. The lowest BCUT2D eigenvalue weighted by Gasteiger charge is -2.30. The molecule has 1 saturated heterocycles. The van der Waals surface area contributed by atoms with Crippen LogP contribution >= 0.6 is 11.3 Å². The van der Waals surface area contributed by atoms with E-state index in [2.05, 4.69) is 11.9 Å². The number of nitrogens with zero attached hydrogens (tertiary/aromatic N) is 3. The number of fused-ring (bicyclic) bond motifs is 1. The smallest absolute Gasteiger partial charge is 0.263 e. The van der Waals surface area contributed by atoms with Crippen LogP contribution in [0.2, 0.25) is 0 Å². The topological polar surface area (TPSA) is 107 Å². The first-order valence-electron chi connectivity index (χ1n) is 11.6.